The number of carbonyl (C=O) groups is 2. The SMILES string of the molecule is CO[C@@H]1[C@H](O)[C@@H](CO[C@H]2O[C@H](C(=O)N[C@H]3CCCCNC3=O)[C@@H](O)[C@H](O)[C@@H]2O)O[C@H]1n1ccc(=O)[nH]c1=O. The van der Waals surface area contributed by atoms with Gasteiger partial charge in [-0.05, 0) is 19.3 Å². The number of carbonyl (C=O) groups excluding carboxylic acids is 2. The highest BCUT2D eigenvalue weighted by Crippen LogP contribution is 2.31. The monoisotopic (exact) mass is 544 g/mol. The molecule has 0 unspecified atom stereocenters. The Balaban J connectivity index is 1.42. The lowest BCUT2D eigenvalue weighted by Crippen LogP contribution is -2.63. The molecule has 7 N–H and O–H groups in total. The van der Waals surface area contributed by atoms with Crippen LogP contribution in [0.3, 0.4) is 0 Å². The van der Waals surface area contributed by atoms with Crippen LogP contribution >= 0.6 is 0 Å². The highest BCUT2D eigenvalue weighted by Gasteiger charge is 2.50. The zero-order valence-electron chi connectivity index (χ0n) is 20.5. The minimum absolute atomic E-state index is 0.378. The van der Waals surface area contributed by atoms with E-state index in [1.54, 1.807) is 0 Å². The Kier molecular flexibility index (Phi) is 8.94. The Morgan fingerprint density at radius 1 is 1.11 bits per heavy atom. The molecule has 0 spiro atoms. The third-order valence-corrected chi connectivity index (χ3v) is 6.81. The molecule has 0 radical (unpaired) electrons. The van der Waals surface area contributed by atoms with Crippen molar-refractivity contribution in [3.05, 3.63) is 33.1 Å². The van der Waals surface area contributed by atoms with Crippen LogP contribution in [-0.2, 0) is 28.5 Å². The summed E-state index contributed by atoms with van der Waals surface area (Å²) in [5.74, 6) is -1.26. The number of H-pyrrole nitrogens is 1. The number of aromatic amines is 1. The Hall–Kier alpha value is -2.70. The van der Waals surface area contributed by atoms with Gasteiger partial charge in [0, 0.05) is 25.9 Å². The lowest BCUT2D eigenvalue weighted by Gasteiger charge is -2.40. The maximum absolute atomic E-state index is 12.8. The molecule has 3 aliphatic heterocycles. The van der Waals surface area contributed by atoms with E-state index in [-0.39, 0.29) is 5.91 Å². The molecule has 3 fully saturated rings. The van der Waals surface area contributed by atoms with Crippen LogP contribution in [0, 0.1) is 0 Å². The van der Waals surface area contributed by atoms with Crippen molar-refractivity contribution in [3.8, 4) is 0 Å². The van der Waals surface area contributed by atoms with Crippen molar-refractivity contribution < 1.29 is 49.0 Å². The Labute approximate surface area is 215 Å². The number of aliphatic hydroxyl groups is 4. The smallest absolute Gasteiger partial charge is 0.330 e. The zero-order valence-corrected chi connectivity index (χ0v) is 20.5. The number of hydrogen-bond donors (Lipinski definition) is 7. The van der Waals surface area contributed by atoms with Crippen molar-refractivity contribution in [3.63, 3.8) is 0 Å². The molecule has 1 aromatic heterocycles. The number of ether oxygens (including phenoxy) is 4. The normalized spacial score (nSPS) is 37.9. The summed E-state index contributed by atoms with van der Waals surface area (Å²) < 4.78 is 23.0. The van der Waals surface area contributed by atoms with Crippen molar-refractivity contribution >= 4 is 11.8 Å². The highest BCUT2D eigenvalue weighted by atomic mass is 16.7. The molecule has 212 valence electrons. The van der Waals surface area contributed by atoms with Crippen LogP contribution in [0.1, 0.15) is 25.5 Å². The van der Waals surface area contributed by atoms with Crippen LogP contribution in [0.25, 0.3) is 0 Å². The van der Waals surface area contributed by atoms with Crippen molar-refractivity contribution in [1.82, 2.24) is 20.2 Å². The standard InChI is InChI=1S/C22H32N4O12/c1-35-17-12(28)10(37-20(17)26-7-5-11(27)25-22(26)34)8-36-21-15(31)13(29)14(30)16(38-21)19(33)24-9-4-2-3-6-23-18(9)32/h5,7,9-10,12-17,20-21,28-31H,2-4,6,8H2,1H3,(H,23,32)(H,24,33)(H,25,27,34)/t9-,10+,12+,13-,14-,15-,16-,17+,20+,21-/m0/s1. The number of aromatic nitrogens is 2. The van der Waals surface area contributed by atoms with E-state index in [1.807, 2.05) is 0 Å². The molecule has 4 rings (SSSR count). The lowest BCUT2D eigenvalue weighted by molar-refractivity contribution is -0.296. The van der Waals surface area contributed by atoms with Crippen molar-refractivity contribution in [2.24, 2.45) is 0 Å². The van der Waals surface area contributed by atoms with Crippen LogP contribution in [0.5, 0.6) is 0 Å². The first kappa shape index (κ1) is 28.3. The van der Waals surface area contributed by atoms with E-state index in [2.05, 4.69) is 15.6 Å². The van der Waals surface area contributed by atoms with E-state index in [0.717, 1.165) is 17.1 Å². The molecule has 3 saturated heterocycles. The fourth-order valence-electron chi connectivity index (χ4n) is 4.69. The first-order chi connectivity index (χ1) is 18.1. The molecule has 38 heavy (non-hydrogen) atoms. The average molecular weight is 545 g/mol. The van der Waals surface area contributed by atoms with Gasteiger partial charge in [0.25, 0.3) is 11.5 Å². The minimum atomic E-state index is -1.83. The van der Waals surface area contributed by atoms with Gasteiger partial charge in [0.05, 0.1) is 6.61 Å². The molecule has 10 atom stereocenters. The van der Waals surface area contributed by atoms with Gasteiger partial charge in [0.15, 0.2) is 18.6 Å². The van der Waals surface area contributed by atoms with Crippen molar-refractivity contribution in [2.45, 2.75) is 80.5 Å². The number of amides is 2. The predicted molar refractivity (Wildman–Crippen MR) is 123 cm³/mol. The number of rotatable bonds is 7. The van der Waals surface area contributed by atoms with E-state index >= 15 is 0 Å². The van der Waals surface area contributed by atoms with Gasteiger partial charge in [-0.25, -0.2) is 4.79 Å². The maximum Gasteiger partial charge on any atom is 0.330 e. The summed E-state index contributed by atoms with van der Waals surface area (Å²) in [6, 6.07) is 0.238. The Morgan fingerprint density at radius 2 is 1.87 bits per heavy atom. The summed E-state index contributed by atoms with van der Waals surface area (Å²) in [4.78, 5) is 50.6. The molecule has 16 heteroatoms. The summed E-state index contributed by atoms with van der Waals surface area (Å²) in [5.41, 5.74) is -1.42. The molecule has 2 amide bonds. The fourth-order valence-corrected chi connectivity index (χ4v) is 4.69. The Bertz CT molecular complexity index is 1110. The first-order valence-electron chi connectivity index (χ1n) is 12.2. The summed E-state index contributed by atoms with van der Waals surface area (Å²) >= 11 is 0. The van der Waals surface area contributed by atoms with Gasteiger partial charge < -0.3 is 50.0 Å². The van der Waals surface area contributed by atoms with Gasteiger partial charge in [0.2, 0.25) is 5.91 Å². The molecular formula is C22H32N4O12. The molecule has 0 saturated carbocycles. The van der Waals surface area contributed by atoms with Gasteiger partial charge in [-0.3, -0.25) is 23.9 Å². The molecular weight excluding hydrogens is 512 g/mol. The van der Waals surface area contributed by atoms with Gasteiger partial charge in [-0.2, -0.15) is 0 Å². The van der Waals surface area contributed by atoms with Crippen LogP contribution in [0.2, 0.25) is 0 Å². The van der Waals surface area contributed by atoms with E-state index in [1.165, 1.54) is 13.3 Å². The van der Waals surface area contributed by atoms with E-state index in [9.17, 15) is 39.6 Å². The van der Waals surface area contributed by atoms with Gasteiger partial charge in [0.1, 0.15) is 42.7 Å². The van der Waals surface area contributed by atoms with Gasteiger partial charge in [-0.15, -0.1) is 0 Å². The van der Waals surface area contributed by atoms with Crippen molar-refractivity contribution in [2.75, 3.05) is 20.3 Å². The number of aliphatic hydroxyl groups excluding tert-OH is 4. The van der Waals surface area contributed by atoms with Crippen LogP contribution < -0.4 is 21.9 Å². The summed E-state index contributed by atoms with van der Waals surface area (Å²) in [7, 11) is 1.29. The third kappa shape index (κ3) is 5.81. The predicted octanol–water partition coefficient (Wildman–Crippen LogP) is -4.58. The zero-order chi connectivity index (χ0) is 27.6. The minimum Gasteiger partial charge on any atom is -0.387 e. The van der Waals surface area contributed by atoms with Gasteiger partial charge >= 0.3 is 5.69 Å². The summed E-state index contributed by atoms with van der Waals surface area (Å²) in [6.45, 7) is 0.0326. The molecule has 0 bridgehead atoms. The quantitative estimate of drug-likeness (QED) is 0.172. The highest BCUT2D eigenvalue weighted by molar-refractivity contribution is 5.89. The molecule has 0 aliphatic carbocycles. The van der Waals surface area contributed by atoms with E-state index < -0.39 is 85.1 Å². The second kappa shape index (κ2) is 12.0. The van der Waals surface area contributed by atoms with Crippen LogP contribution in [0.15, 0.2) is 21.9 Å². The average Bonchev–Trinajstić information content (AvgIpc) is 3.05. The van der Waals surface area contributed by atoms with Gasteiger partial charge in [-0.1, -0.05) is 0 Å². The summed E-state index contributed by atoms with van der Waals surface area (Å²) in [6.07, 6.45) is -10.4. The number of nitrogens with one attached hydrogen (secondary N) is 3. The Morgan fingerprint density at radius 3 is 2.58 bits per heavy atom. The van der Waals surface area contributed by atoms with Crippen molar-refractivity contribution in [1.29, 1.82) is 0 Å². The molecule has 4 heterocycles. The molecule has 3 aliphatic rings. The fraction of sp³-hybridized carbons (Fsp3) is 0.727. The lowest BCUT2D eigenvalue weighted by atomic mass is 9.98. The van der Waals surface area contributed by atoms with Crippen LogP contribution in [0.4, 0.5) is 0 Å². The van der Waals surface area contributed by atoms with E-state index in [0.29, 0.717) is 19.4 Å². The van der Waals surface area contributed by atoms with E-state index in [4.69, 9.17) is 18.9 Å². The first-order valence-corrected chi connectivity index (χ1v) is 12.2. The number of hydrogen-bond acceptors (Lipinski definition) is 12. The van der Waals surface area contributed by atoms with Crippen LogP contribution in [-0.4, -0.2) is 117 Å². The maximum atomic E-state index is 12.8. The number of nitrogens with zero attached hydrogens (tertiary/aromatic N) is 1. The number of methoxy groups -OCH3 is 1. The molecule has 0 aromatic carbocycles. The second-order valence-corrected chi connectivity index (χ2v) is 9.35. The largest absolute Gasteiger partial charge is 0.387 e. The second-order valence-electron chi connectivity index (χ2n) is 9.35. The molecule has 1 aromatic rings. The summed E-state index contributed by atoms with van der Waals surface area (Å²) in [5, 5.41) is 46.9. The molecule has 16 nitrogen and oxygen atoms in total. The topological polar surface area (TPSA) is 231 Å². The third-order valence-electron chi connectivity index (χ3n) is 6.81.